The summed E-state index contributed by atoms with van der Waals surface area (Å²) < 4.78 is 5.82. The van der Waals surface area contributed by atoms with Crippen LogP contribution >= 0.6 is 0 Å². The number of rotatable bonds is 4. The van der Waals surface area contributed by atoms with Crippen molar-refractivity contribution in [2.24, 2.45) is 11.3 Å². The van der Waals surface area contributed by atoms with Crippen molar-refractivity contribution >= 4 is 0 Å². The van der Waals surface area contributed by atoms with Crippen molar-refractivity contribution in [1.29, 1.82) is 5.26 Å². The molecule has 0 spiro atoms. The molecule has 2 fully saturated rings. The summed E-state index contributed by atoms with van der Waals surface area (Å²) in [6.45, 7) is 6.48. The third-order valence-corrected chi connectivity index (χ3v) is 4.93. The van der Waals surface area contributed by atoms with Gasteiger partial charge in [-0.15, -0.1) is 0 Å². The fourth-order valence-corrected chi connectivity index (χ4v) is 3.91. The highest BCUT2D eigenvalue weighted by molar-refractivity contribution is 5.32. The maximum absolute atomic E-state index is 8.91. The zero-order chi connectivity index (χ0) is 14.2. The zero-order valence-electron chi connectivity index (χ0n) is 12.2. The van der Waals surface area contributed by atoms with Gasteiger partial charge in [-0.25, -0.2) is 0 Å². The van der Waals surface area contributed by atoms with Gasteiger partial charge in [0, 0.05) is 24.0 Å². The molecule has 1 N–H and O–H groups in total. The predicted molar refractivity (Wildman–Crippen MR) is 78.3 cm³/mol. The quantitative estimate of drug-likeness (QED) is 0.914. The molecule has 106 valence electrons. The topological polar surface area (TPSA) is 45.0 Å². The third-order valence-electron chi connectivity index (χ3n) is 4.93. The normalized spacial score (nSPS) is 30.4. The summed E-state index contributed by atoms with van der Waals surface area (Å²) >= 11 is 0. The second-order valence-electron chi connectivity index (χ2n) is 6.56. The summed E-state index contributed by atoms with van der Waals surface area (Å²) in [5, 5.41) is 12.6. The molecule has 1 aromatic carbocycles. The molecule has 1 unspecified atom stereocenters. The van der Waals surface area contributed by atoms with E-state index in [1.165, 1.54) is 12.0 Å². The molecule has 1 saturated carbocycles. The molecule has 1 heterocycles. The van der Waals surface area contributed by atoms with Crippen molar-refractivity contribution in [3.63, 3.8) is 0 Å². The molecule has 3 heteroatoms. The van der Waals surface area contributed by atoms with E-state index < -0.39 is 0 Å². The van der Waals surface area contributed by atoms with E-state index in [1.54, 1.807) is 0 Å². The van der Waals surface area contributed by atoms with Crippen LogP contribution in [0.5, 0.6) is 0 Å². The SMILES string of the molecule is CC1(C)C(NCCc2cccc(C#N)c2)[C@@H]2CCO[C@@H]21. The Morgan fingerprint density at radius 3 is 3.10 bits per heavy atom. The minimum absolute atomic E-state index is 0.246. The Bertz CT molecular complexity index is 532. The average molecular weight is 270 g/mol. The van der Waals surface area contributed by atoms with Crippen LogP contribution in [0.4, 0.5) is 0 Å². The minimum atomic E-state index is 0.246. The van der Waals surface area contributed by atoms with Crippen molar-refractivity contribution in [1.82, 2.24) is 5.32 Å². The number of fused-ring (bicyclic) bond motifs is 1. The van der Waals surface area contributed by atoms with Crippen LogP contribution in [-0.2, 0) is 11.2 Å². The van der Waals surface area contributed by atoms with E-state index >= 15 is 0 Å². The van der Waals surface area contributed by atoms with Crippen LogP contribution in [0.1, 0.15) is 31.4 Å². The molecule has 0 radical (unpaired) electrons. The van der Waals surface area contributed by atoms with Crippen molar-refractivity contribution in [2.75, 3.05) is 13.2 Å². The molecule has 3 rings (SSSR count). The molecular formula is C17H22N2O. The predicted octanol–water partition coefficient (Wildman–Crippen LogP) is 2.50. The molecule has 0 aromatic heterocycles. The summed E-state index contributed by atoms with van der Waals surface area (Å²) in [4.78, 5) is 0. The van der Waals surface area contributed by atoms with Gasteiger partial charge < -0.3 is 10.1 Å². The standard InChI is InChI=1S/C17H22N2O/c1-17(2)15(14-7-9-20-16(14)17)19-8-6-12-4-3-5-13(10-12)11-18/h3-5,10,14-16,19H,6-9H2,1-2H3/t14-,15?,16-/m0/s1. The highest BCUT2D eigenvalue weighted by Crippen LogP contribution is 2.51. The first-order valence-electron chi connectivity index (χ1n) is 7.47. The lowest BCUT2D eigenvalue weighted by Gasteiger charge is -2.55. The second-order valence-corrected chi connectivity index (χ2v) is 6.56. The number of nitriles is 1. The van der Waals surface area contributed by atoms with E-state index in [2.05, 4.69) is 31.3 Å². The summed E-state index contributed by atoms with van der Waals surface area (Å²) in [5.41, 5.74) is 2.22. The molecule has 0 bridgehead atoms. The Kier molecular flexibility index (Phi) is 3.54. The molecule has 1 aromatic rings. The van der Waals surface area contributed by atoms with Gasteiger partial charge >= 0.3 is 0 Å². The van der Waals surface area contributed by atoms with Gasteiger partial charge in [0.15, 0.2) is 0 Å². The van der Waals surface area contributed by atoms with Crippen LogP contribution in [-0.4, -0.2) is 25.3 Å². The minimum Gasteiger partial charge on any atom is -0.377 e. The zero-order valence-corrected chi connectivity index (χ0v) is 12.2. The number of hydrogen-bond donors (Lipinski definition) is 1. The Morgan fingerprint density at radius 1 is 1.45 bits per heavy atom. The van der Waals surface area contributed by atoms with Crippen LogP contribution in [0.3, 0.4) is 0 Å². The Hall–Kier alpha value is -1.37. The molecule has 0 amide bonds. The fourth-order valence-electron chi connectivity index (χ4n) is 3.91. The van der Waals surface area contributed by atoms with Crippen molar-refractivity contribution in [3.05, 3.63) is 35.4 Å². The lowest BCUT2D eigenvalue weighted by Crippen LogP contribution is -2.66. The summed E-state index contributed by atoms with van der Waals surface area (Å²) in [7, 11) is 0. The fraction of sp³-hybridized carbons (Fsp3) is 0.588. The molecule has 1 aliphatic heterocycles. The van der Waals surface area contributed by atoms with Gasteiger partial charge in [-0.05, 0) is 37.1 Å². The van der Waals surface area contributed by atoms with E-state index in [0.717, 1.165) is 25.1 Å². The molecular weight excluding hydrogens is 248 g/mol. The van der Waals surface area contributed by atoms with Crippen molar-refractivity contribution < 1.29 is 4.74 Å². The first-order chi connectivity index (χ1) is 9.63. The van der Waals surface area contributed by atoms with E-state index in [9.17, 15) is 0 Å². The first-order valence-corrected chi connectivity index (χ1v) is 7.47. The summed E-state index contributed by atoms with van der Waals surface area (Å²) in [5.74, 6) is 0.690. The van der Waals surface area contributed by atoms with Crippen LogP contribution in [0, 0.1) is 22.7 Å². The summed E-state index contributed by atoms with van der Waals surface area (Å²) in [6, 6.07) is 10.6. The highest BCUT2D eigenvalue weighted by atomic mass is 16.5. The van der Waals surface area contributed by atoms with Crippen LogP contribution < -0.4 is 5.32 Å². The number of nitrogens with one attached hydrogen (secondary N) is 1. The van der Waals surface area contributed by atoms with Gasteiger partial charge in [0.1, 0.15) is 0 Å². The number of benzene rings is 1. The smallest absolute Gasteiger partial charge is 0.0991 e. The van der Waals surface area contributed by atoms with Gasteiger partial charge in [0.05, 0.1) is 17.7 Å². The maximum atomic E-state index is 8.91. The Balaban J connectivity index is 1.54. The van der Waals surface area contributed by atoms with Gasteiger partial charge in [0.2, 0.25) is 0 Å². The number of hydrogen-bond acceptors (Lipinski definition) is 3. The lowest BCUT2D eigenvalue weighted by molar-refractivity contribution is -0.112. The first kappa shape index (κ1) is 13.6. The molecule has 3 atom stereocenters. The van der Waals surface area contributed by atoms with Crippen LogP contribution in [0.2, 0.25) is 0 Å². The van der Waals surface area contributed by atoms with E-state index in [1.807, 2.05) is 18.2 Å². The van der Waals surface area contributed by atoms with Gasteiger partial charge in [0.25, 0.3) is 0 Å². The highest BCUT2D eigenvalue weighted by Gasteiger charge is 2.58. The number of nitrogens with zero attached hydrogens (tertiary/aromatic N) is 1. The largest absolute Gasteiger partial charge is 0.377 e. The molecule has 1 saturated heterocycles. The maximum Gasteiger partial charge on any atom is 0.0991 e. The van der Waals surface area contributed by atoms with E-state index in [0.29, 0.717) is 18.1 Å². The third kappa shape index (κ3) is 2.24. The van der Waals surface area contributed by atoms with E-state index in [4.69, 9.17) is 10.00 Å². The van der Waals surface area contributed by atoms with Crippen LogP contribution in [0.15, 0.2) is 24.3 Å². The Morgan fingerprint density at radius 2 is 2.30 bits per heavy atom. The second kappa shape index (κ2) is 5.20. The average Bonchev–Trinajstić information content (AvgIpc) is 2.90. The molecule has 3 nitrogen and oxygen atoms in total. The van der Waals surface area contributed by atoms with Crippen LogP contribution in [0.25, 0.3) is 0 Å². The van der Waals surface area contributed by atoms with Crippen molar-refractivity contribution in [3.8, 4) is 6.07 Å². The molecule has 2 aliphatic rings. The molecule has 1 aliphatic carbocycles. The lowest BCUT2D eigenvalue weighted by atomic mass is 9.57. The number of ether oxygens (including phenoxy) is 1. The van der Waals surface area contributed by atoms with E-state index in [-0.39, 0.29) is 5.41 Å². The van der Waals surface area contributed by atoms with Gasteiger partial charge in [-0.1, -0.05) is 26.0 Å². The van der Waals surface area contributed by atoms with Crippen molar-refractivity contribution in [2.45, 2.75) is 38.8 Å². The van der Waals surface area contributed by atoms with Gasteiger partial charge in [-0.2, -0.15) is 5.26 Å². The van der Waals surface area contributed by atoms with Gasteiger partial charge in [-0.3, -0.25) is 0 Å². The molecule has 20 heavy (non-hydrogen) atoms. The summed E-state index contributed by atoms with van der Waals surface area (Å²) in [6.07, 6.45) is 2.61. The monoisotopic (exact) mass is 270 g/mol. The Labute approximate surface area is 120 Å².